The maximum absolute atomic E-state index is 4.95. The van der Waals surface area contributed by atoms with Gasteiger partial charge in [0.2, 0.25) is 0 Å². The summed E-state index contributed by atoms with van der Waals surface area (Å²) in [7, 11) is 0. The van der Waals surface area contributed by atoms with Crippen LogP contribution in [0.15, 0.2) is 89.5 Å². The molecule has 3 aromatic heterocycles. The summed E-state index contributed by atoms with van der Waals surface area (Å²) in [5, 5.41) is 2.17. The van der Waals surface area contributed by atoms with Crippen molar-refractivity contribution in [3.63, 3.8) is 0 Å². The van der Waals surface area contributed by atoms with Crippen molar-refractivity contribution in [2.75, 3.05) is 0 Å². The Morgan fingerprint density at radius 3 is 2.64 bits per heavy atom. The molecular formula is C24H19N3S. The van der Waals surface area contributed by atoms with E-state index in [1.54, 1.807) is 11.3 Å². The highest BCUT2D eigenvalue weighted by Gasteiger charge is 2.15. The number of hydrogen-bond donors (Lipinski definition) is 0. The molecule has 5 rings (SSSR count). The summed E-state index contributed by atoms with van der Waals surface area (Å²) in [5.41, 5.74) is 6.63. The van der Waals surface area contributed by atoms with Crippen LogP contribution in [0.4, 0.5) is 0 Å². The summed E-state index contributed by atoms with van der Waals surface area (Å²) in [5.74, 6) is 0. The van der Waals surface area contributed by atoms with Gasteiger partial charge in [-0.3, -0.25) is 9.98 Å². The van der Waals surface area contributed by atoms with Crippen LogP contribution in [0.3, 0.4) is 0 Å². The molecule has 0 spiro atoms. The number of allylic oxidation sites excluding steroid dienone is 1. The van der Waals surface area contributed by atoms with Crippen LogP contribution in [0.1, 0.15) is 17.7 Å². The topological polar surface area (TPSA) is 38.1 Å². The van der Waals surface area contributed by atoms with E-state index in [9.17, 15) is 0 Å². The van der Waals surface area contributed by atoms with Crippen molar-refractivity contribution in [1.29, 1.82) is 0 Å². The van der Waals surface area contributed by atoms with E-state index in [1.807, 2.05) is 24.5 Å². The van der Waals surface area contributed by atoms with Gasteiger partial charge in [-0.05, 0) is 54.3 Å². The lowest BCUT2D eigenvalue weighted by atomic mass is 10.1. The summed E-state index contributed by atoms with van der Waals surface area (Å²) in [4.78, 5) is 14.0. The molecule has 1 atom stereocenters. The Morgan fingerprint density at radius 2 is 1.79 bits per heavy atom. The van der Waals surface area contributed by atoms with Gasteiger partial charge in [0.15, 0.2) is 0 Å². The molecule has 0 fully saturated rings. The number of aryl methyl sites for hydroxylation is 1. The van der Waals surface area contributed by atoms with Gasteiger partial charge in [-0.1, -0.05) is 36.4 Å². The lowest BCUT2D eigenvalue weighted by Gasteiger charge is -2.05. The van der Waals surface area contributed by atoms with E-state index >= 15 is 0 Å². The number of benzene rings is 1. The number of aromatic nitrogens is 2. The number of fused-ring (bicyclic) bond motifs is 1. The fraction of sp³-hybridized carbons (Fsp3) is 0.125. The maximum Gasteiger partial charge on any atom is 0.0896 e. The lowest BCUT2D eigenvalue weighted by molar-refractivity contribution is 0.731. The summed E-state index contributed by atoms with van der Waals surface area (Å²) < 4.78 is 1.19. The summed E-state index contributed by atoms with van der Waals surface area (Å²) in [6, 6.07) is 19.1. The van der Waals surface area contributed by atoms with Gasteiger partial charge in [-0.25, -0.2) is 4.98 Å². The van der Waals surface area contributed by atoms with E-state index < -0.39 is 0 Å². The van der Waals surface area contributed by atoms with Crippen molar-refractivity contribution in [2.24, 2.45) is 4.99 Å². The lowest BCUT2D eigenvalue weighted by Crippen LogP contribution is -2.02. The van der Waals surface area contributed by atoms with Crippen molar-refractivity contribution in [2.45, 2.75) is 18.9 Å². The molecular weight excluding hydrogens is 362 g/mol. The minimum Gasteiger partial charge on any atom is -0.276 e. The van der Waals surface area contributed by atoms with Crippen molar-refractivity contribution in [3.8, 4) is 11.1 Å². The zero-order valence-electron chi connectivity index (χ0n) is 15.3. The Bertz CT molecular complexity index is 1160. The zero-order valence-corrected chi connectivity index (χ0v) is 16.1. The smallest absolute Gasteiger partial charge is 0.0896 e. The van der Waals surface area contributed by atoms with Gasteiger partial charge in [0, 0.05) is 23.3 Å². The first-order valence-corrected chi connectivity index (χ1v) is 10.3. The van der Waals surface area contributed by atoms with E-state index in [0.29, 0.717) is 0 Å². The highest BCUT2D eigenvalue weighted by Crippen LogP contribution is 2.32. The fourth-order valence-electron chi connectivity index (χ4n) is 3.53. The number of rotatable bonds is 5. The fourth-order valence-corrected chi connectivity index (χ4v) is 4.44. The van der Waals surface area contributed by atoms with E-state index in [-0.39, 0.29) is 6.04 Å². The molecule has 1 aliphatic rings. The molecule has 0 saturated heterocycles. The average molecular weight is 382 g/mol. The second kappa shape index (κ2) is 7.49. The predicted molar refractivity (Wildman–Crippen MR) is 117 cm³/mol. The van der Waals surface area contributed by atoms with Gasteiger partial charge in [0.25, 0.3) is 0 Å². The van der Waals surface area contributed by atoms with E-state index in [2.05, 4.69) is 65.0 Å². The van der Waals surface area contributed by atoms with Gasteiger partial charge in [0.05, 0.1) is 27.7 Å². The Hall–Kier alpha value is -3.11. The van der Waals surface area contributed by atoms with Crippen LogP contribution in [-0.2, 0) is 6.42 Å². The molecule has 4 heterocycles. The van der Waals surface area contributed by atoms with Crippen molar-refractivity contribution < 1.29 is 0 Å². The minimum atomic E-state index is 0.231. The quantitative estimate of drug-likeness (QED) is 0.443. The first-order valence-electron chi connectivity index (χ1n) is 9.46. The van der Waals surface area contributed by atoms with E-state index in [0.717, 1.165) is 40.9 Å². The van der Waals surface area contributed by atoms with Crippen molar-refractivity contribution >= 4 is 27.3 Å². The Balaban J connectivity index is 1.40. The Morgan fingerprint density at radius 1 is 0.929 bits per heavy atom. The van der Waals surface area contributed by atoms with Crippen LogP contribution in [0.25, 0.3) is 21.3 Å². The monoisotopic (exact) mass is 381 g/mol. The zero-order chi connectivity index (χ0) is 18.8. The number of thiophene rings is 1. The first-order chi connectivity index (χ1) is 13.9. The molecule has 0 radical (unpaired) electrons. The predicted octanol–water partition coefficient (Wildman–Crippen LogP) is 5.72. The van der Waals surface area contributed by atoms with Crippen LogP contribution in [-0.4, -0.2) is 21.7 Å². The SMILES string of the molecule is C1=CC(CCc2ccccc2)N=C1c1ccc2scc(-c3ccncc3)c2n1. The molecule has 4 heteroatoms. The molecule has 0 aliphatic carbocycles. The van der Waals surface area contributed by atoms with Crippen molar-refractivity contribution in [3.05, 3.63) is 95.8 Å². The third kappa shape index (κ3) is 3.39. The molecule has 28 heavy (non-hydrogen) atoms. The van der Waals surface area contributed by atoms with Crippen LogP contribution in [0.2, 0.25) is 0 Å². The van der Waals surface area contributed by atoms with Gasteiger partial charge in [-0.15, -0.1) is 11.3 Å². The largest absolute Gasteiger partial charge is 0.276 e. The number of pyridine rings is 2. The molecule has 0 N–H and O–H groups in total. The first kappa shape index (κ1) is 17.0. The molecule has 1 unspecified atom stereocenters. The third-order valence-corrected chi connectivity index (χ3v) is 5.96. The standard InChI is InChI=1S/C24H19N3S/c1-2-4-17(5-3-1)6-7-19-8-9-21(26-19)22-10-11-23-24(27-22)20(16-28-23)18-12-14-25-15-13-18/h1-5,8-16,19H,6-7H2. The second-order valence-electron chi connectivity index (χ2n) is 6.89. The van der Waals surface area contributed by atoms with Gasteiger partial charge < -0.3 is 0 Å². The summed E-state index contributed by atoms with van der Waals surface area (Å²) in [6.45, 7) is 0. The van der Waals surface area contributed by atoms with Crippen molar-refractivity contribution in [1.82, 2.24) is 9.97 Å². The Labute approximate surface area is 168 Å². The second-order valence-corrected chi connectivity index (χ2v) is 7.80. The third-order valence-electron chi connectivity index (χ3n) is 5.02. The molecule has 4 aromatic rings. The van der Waals surface area contributed by atoms with Gasteiger partial charge >= 0.3 is 0 Å². The molecule has 136 valence electrons. The highest BCUT2D eigenvalue weighted by atomic mass is 32.1. The van der Waals surface area contributed by atoms with Gasteiger partial charge in [-0.2, -0.15) is 0 Å². The molecule has 0 saturated carbocycles. The van der Waals surface area contributed by atoms with Crippen LogP contribution >= 0.6 is 11.3 Å². The molecule has 0 bridgehead atoms. The van der Waals surface area contributed by atoms with Crippen LogP contribution in [0.5, 0.6) is 0 Å². The average Bonchev–Trinajstić information content (AvgIpc) is 3.40. The van der Waals surface area contributed by atoms with Crippen LogP contribution in [0, 0.1) is 0 Å². The Kier molecular flexibility index (Phi) is 4.55. The molecule has 3 nitrogen and oxygen atoms in total. The van der Waals surface area contributed by atoms with E-state index in [4.69, 9.17) is 9.98 Å². The summed E-state index contributed by atoms with van der Waals surface area (Å²) >= 11 is 1.73. The molecule has 1 aromatic carbocycles. The molecule has 1 aliphatic heterocycles. The number of hydrogen-bond acceptors (Lipinski definition) is 4. The number of nitrogens with zero attached hydrogens (tertiary/aromatic N) is 3. The summed E-state index contributed by atoms with van der Waals surface area (Å²) in [6.07, 6.45) is 10.0. The van der Waals surface area contributed by atoms with E-state index in [1.165, 1.54) is 10.3 Å². The number of aliphatic imine (C=N–C) groups is 1. The molecule has 0 amide bonds. The van der Waals surface area contributed by atoms with Gasteiger partial charge in [0.1, 0.15) is 0 Å². The normalized spacial score (nSPS) is 15.9. The highest BCUT2D eigenvalue weighted by molar-refractivity contribution is 7.17. The maximum atomic E-state index is 4.95. The van der Waals surface area contributed by atoms with Crippen LogP contribution < -0.4 is 0 Å². The minimum absolute atomic E-state index is 0.231.